The zero-order valence-corrected chi connectivity index (χ0v) is 20.8. The summed E-state index contributed by atoms with van der Waals surface area (Å²) in [6, 6.07) is 32.4. The van der Waals surface area contributed by atoms with Crippen LogP contribution in [0, 0.1) is 0 Å². The van der Waals surface area contributed by atoms with E-state index in [-0.39, 0.29) is 11.1 Å². The summed E-state index contributed by atoms with van der Waals surface area (Å²) < 4.78 is 42.5. The molecule has 0 unspecified atom stereocenters. The molecule has 1 aliphatic heterocycles. The van der Waals surface area contributed by atoms with E-state index in [1.807, 2.05) is 42.5 Å². The van der Waals surface area contributed by atoms with Gasteiger partial charge in [-0.05, 0) is 48.0 Å². The van der Waals surface area contributed by atoms with Crippen molar-refractivity contribution in [1.29, 1.82) is 0 Å². The van der Waals surface area contributed by atoms with Gasteiger partial charge in [-0.25, -0.2) is 4.90 Å². The molecule has 4 nitrogen and oxygen atoms in total. The lowest BCUT2D eigenvalue weighted by Crippen LogP contribution is -2.30. The largest absolute Gasteiger partial charge is 0.416 e. The highest BCUT2D eigenvalue weighted by Gasteiger charge is 2.40. The van der Waals surface area contributed by atoms with Crippen LogP contribution in [0.5, 0.6) is 0 Å². The molecule has 0 spiro atoms. The number of hydrogen-bond acceptors (Lipinski definition) is 2. The Bertz CT molecular complexity index is 1990. The highest BCUT2D eigenvalue weighted by molar-refractivity contribution is 6.36. The van der Waals surface area contributed by atoms with Crippen molar-refractivity contribution in [2.24, 2.45) is 0 Å². The zero-order chi connectivity index (χ0) is 27.6. The van der Waals surface area contributed by atoms with Crippen molar-refractivity contribution < 1.29 is 22.8 Å². The van der Waals surface area contributed by atoms with Crippen LogP contribution >= 0.6 is 0 Å². The molecule has 194 valence electrons. The van der Waals surface area contributed by atoms with E-state index in [0.29, 0.717) is 33.2 Å². The van der Waals surface area contributed by atoms with Gasteiger partial charge >= 0.3 is 6.18 Å². The van der Waals surface area contributed by atoms with Gasteiger partial charge in [0.05, 0.1) is 39.1 Å². The van der Waals surface area contributed by atoms with E-state index in [9.17, 15) is 22.8 Å². The van der Waals surface area contributed by atoms with Crippen LogP contribution in [0.15, 0.2) is 115 Å². The van der Waals surface area contributed by atoms with E-state index in [4.69, 9.17) is 0 Å². The van der Waals surface area contributed by atoms with Gasteiger partial charge in [0, 0.05) is 16.3 Å². The number of para-hydroxylation sites is 2. The maximum atomic E-state index is 14.1. The summed E-state index contributed by atoms with van der Waals surface area (Å²) in [5.74, 6) is -0.942. The van der Waals surface area contributed by atoms with Gasteiger partial charge in [-0.2, -0.15) is 13.2 Å². The Balaban J connectivity index is 1.45. The minimum absolute atomic E-state index is 0.206. The summed E-state index contributed by atoms with van der Waals surface area (Å²) >= 11 is 0. The van der Waals surface area contributed by atoms with Crippen molar-refractivity contribution >= 4 is 39.3 Å². The molecule has 6 aromatic rings. The number of halogens is 3. The van der Waals surface area contributed by atoms with Gasteiger partial charge in [0.2, 0.25) is 0 Å². The smallest absolute Gasteiger partial charge is 0.308 e. The van der Waals surface area contributed by atoms with Crippen molar-refractivity contribution in [3.63, 3.8) is 0 Å². The van der Waals surface area contributed by atoms with Gasteiger partial charge in [-0.3, -0.25) is 9.59 Å². The fraction of sp³-hybridized carbons (Fsp3) is 0.0303. The summed E-state index contributed by atoms with van der Waals surface area (Å²) in [7, 11) is 0. The molecule has 1 aromatic heterocycles. The van der Waals surface area contributed by atoms with Gasteiger partial charge in [-0.15, -0.1) is 0 Å². The fourth-order valence-corrected chi connectivity index (χ4v) is 5.61. The van der Waals surface area contributed by atoms with Crippen LogP contribution in [-0.4, -0.2) is 16.4 Å². The number of aromatic nitrogens is 1. The first kappa shape index (κ1) is 23.9. The fourth-order valence-electron chi connectivity index (χ4n) is 5.61. The molecule has 0 saturated heterocycles. The third-order valence-corrected chi connectivity index (χ3v) is 7.36. The van der Waals surface area contributed by atoms with Crippen LogP contribution in [0.2, 0.25) is 0 Å². The molecular weight excluding hydrogens is 513 g/mol. The van der Waals surface area contributed by atoms with Gasteiger partial charge in [0.25, 0.3) is 11.8 Å². The van der Waals surface area contributed by atoms with Crippen LogP contribution in [0.25, 0.3) is 38.6 Å². The second kappa shape index (κ2) is 8.68. The van der Waals surface area contributed by atoms with Gasteiger partial charge in [0.15, 0.2) is 0 Å². The van der Waals surface area contributed by atoms with Crippen LogP contribution in [0.1, 0.15) is 26.3 Å². The molecule has 7 heteroatoms. The van der Waals surface area contributed by atoms with Gasteiger partial charge in [0.1, 0.15) is 0 Å². The number of imide groups is 1. The summed E-state index contributed by atoms with van der Waals surface area (Å²) in [5, 5.41) is 1.02. The van der Waals surface area contributed by atoms with Crippen LogP contribution in [-0.2, 0) is 6.18 Å². The number of rotatable bonds is 3. The standard InChI is InChI=1S/C33H19F3N2O2/c34-33(35,36)21-17-18-28-25(19-21)23-12-5-7-15-27(23)37(28)29-16-8-13-24-30(29)32(40)38(31(24)39)26-14-6-4-11-22(26)20-9-2-1-3-10-20/h1-19H. The second-order valence-electron chi connectivity index (χ2n) is 9.61. The number of carbonyl (C=O) groups is 2. The third kappa shape index (κ3) is 3.48. The van der Waals surface area contributed by atoms with E-state index >= 15 is 0 Å². The molecule has 7 rings (SSSR count). The number of alkyl halides is 3. The maximum Gasteiger partial charge on any atom is 0.416 e. The molecule has 0 bridgehead atoms. The number of carbonyl (C=O) groups excluding carboxylic acids is 2. The lowest BCUT2D eigenvalue weighted by molar-refractivity contribution is -0.137. The van der Waals surface area contributed by atoms with Crippen molar-refractivity contribution in [2.75, 3.05) is 4.90 Å². The number of hydrogen-bond donors (Lipinski definition) is 0. The minimum atomic E-state index is -4.50. The first-order valence-electron chi connectivity index (χ1n) is 12.6. The predicted octanol–water partition coefficient (Wildman–Crippen LogP) is 8.27. The topological polar surface area (TPSA) is 42.3 Å². The normalized spacial score (nSPS) is 13.4. The summed E-state index contributed by atoms with van der Waals surface area (Å²) in [4.78, 5) is 29.1. The summed E-state index contributed by atoms with van der Waals surface area (Å²) in [6.07, 6.45) is -4.50. The average molecular weight is 533 g/mol. The van der Waals surface area contributed by atoms with Crippen molar-refractivity contribution in [1.82, 2.24) is 4.57 Å². The van der Waals surface area contributed by atoms with E-state index in [2.05, 4.69) is 0 Å². The van der Waals surface area contributed by atoms with E-state index in [1.54, 1.807) is 59.2 Å². The van der Waals surface area contributed by atoms with E-state index < -0.39 is 23.6 Å². The zero-order valence-electron chi connectivity index (χ0n) is 20.8. The van der Waals surface area contributed by atoms with Gasteiger partial charge < -0.3 is 4.57 Å². The molecule has 0 atom stereocenters. The lowest BCUT2D eigenvalue weighted by Gasteiger charge is -2.18. The second-order valence-corrected chi connectivity index (χ2v) is 9.61. The minimum Gasteiger partial charge on any atom is -0.308 e. The molecule has 1 aliphatic rings. The first-order valence-corrected chi connectivity index (χ1v) is 12.6. The molecule has 0 saturated carbocycles. The number of fused-ring (bicyclic) bond motifs is 4. The van der Waals surface area contributed by atoms with Crippen molar-refractivity contribution in [2.45, 2.75) is 6.18 Å². The molecule has 0 N–H and O–H groups in total. The highest BCUT2D eigenvalue weighted by atomic mass is 19.4. The molecule has 5 aromatic carbocycles. The van der Waals surface area contributed by atoms with E-state index in [1.165, 1.54) is 11.0 Å². The Morgan fingerprint density at radius 2 is 1.20 bits per heavy atom. The first-order chi connectivity index (χ1) is 19.3. The third-order valence-electron chi connectivity index (χ3n) is 7.36. The SMILES string of the molecule is O=C1c2cccc(-n3c4ccccc4c4cc(C(F)(F)F)ccc43)c2C(=O)N1c1ccccc1-c1ccccc1. The van der Waals surface area contributed by atoms with Gasteiger partial charge in [-0.1, -0.05) is 72.8 Å². The number of anilines is 1. The predicted molar refractivity (Wildman–Crippen MR) is 149 cm³/mol. The molecule has 0 fully saturated rings. The average Bonchev–Trinajstić information content (AvgIpc) is 3.44. The Kier molecular flexibility index (Phi) is 5.19. The maximum absolute atomic E-state index is 14.1. The van der Waals surface area contributed by atoms with Crippen LogP contribution in [0.4, 0.5) is 18.9 Å². The van der Waals surface area contributed by atoms with Crippen molar-refractivity contribution in [3.05, 3.63) is 132 Å². The Hall–Kier alpha value is -5.17. The molecule has 2 heterocycles. The Morgan fingerprint density at radius 3 is 2.00 bits per heavy atom. The molecule has 0 radical (unpaired) electrons. The monoisotopic (exact) mass is 532 g/mol. The van der Waals surface area contributed by atoms with E-state index in [0.717, 1.165) is 23.3 Å². The number of benzene rings is 5. The lowest BCUT2D eigenvalue weighted by atomic mass is 10.0. The molecule has 40 heavy (non-hydrogen) atoms. The van der Waals surface area contributed by atoms with Crippen LogP contribution in [0.3, 0.4) is 0 Å². The highest BCUT2D eigenvalue weighted by Crippen LogP contribution is 2.41. The molecule has 0 aliphatic carbocycles. The summed E-state index contributed by atoms with van der Waals surface area (Å²) in [5.41, 5.74) is 3.31. The van der Waals surface area contributed by atoms with Crippen LogP contribution < -0.4 is 4.90 Å². The number of amides is 2. The quantitative estimate of drug-likeness (QED) is 0.215. The Labute approximate surface area is 226 Å². The Morgan fingerprint density at radius 1 is 0.550 bits per heavy atom. The van der Waals surface area contributed by atoms with Crippen molar-refractivity contribution in [3.8, 4) is 16.8 Å². The summed E-state index contributed by atoms with van der Waals surface area (Å²) in [6.45, 7) is 0. The molecule has 2 amide bonds. The number of nitrogens with zero attached hydrogens (tertiary/aromatic N) is 2. The molecular formula is C33H19F3N2O2.